The molecule has 0 unspecified atom stereocenters. The lowest BCUT2D eigenvalue weighted by molar-refractivity contribution is 0.0999. The van der Waals surface area contributed by atoms with Crippen molar-refractivity contribution < 1.29 is 14.3 Å². The molecule has 0 bridgehead atoms. The molecule has 0 saturated carbocycles. The SMILES string of the molecule is COc1ccc(OC)c(CCn2c(-c3ccc(N4CCCC4)cc3)cc(C(N)=O)c2C)c1. The van der Waals surface area contributed by atoms with Gasteiger partial charge in [-0.05, 0) is 73.7 Å². The van der Waals surface area contributed by atoms with Crippen LogP contribution in [0.2, 0.25) is 0 Å². The van der Waals surface area contributed by atoms with Crippen LogP contribution in [-0.2, 0) is 13.0 Å². The van der Waals surface area contributed by atoms with Gasteiger partial charge in [-0.25, -0.2) is 0 Å². The van der Waals surface area contributed by atoms with Crippen LogP contribution < -0.4 is 20.1 Å². The van der Waals surface area contributed by atoms with Gasteiger partial charge in [-0.2, -0.15) is 0 Å². The minimum absolute atomic E-state index is 0.407. The van der Waals surface area contributed by atoms with Crippen molar-refractivity contribution >= 4 is 11.6 Å². The summed E-state index contributed by atoms with van der Waals surface area (Å²) in [4.78, 5) is 14.5. The molecule has 168 valence electrons. The number of nitrogens with two attached hydrogens (primary N) is 1. The van der Waals surface area contributed by atoms with E-state index >= 15 is 0 Å². The van der Waals surface area contributed by atoms with Crippen molar-refractivity contribution in [3.63, 3.8) is 0 Å². The maximum Gasteiger partial charge on any atom is 0.250 e. The third-order valence-electron chi connectivity index (χ3n) is 6.36. The van der Waals surface area contributed by atoms with E-state index in [-0.39, 0.29) is 0 Å². The van der Waals surface area contributed by atoms with Crippen LogP contribution in [0.3, 0.4) is 0 Å². The van der Waals surface area contributed by atoms with E-state index in [4.69, 9.17) is 15.2 Å². The molecule has 4 rings (SSSR count). The molecule has 1 aromatic heterocycles. The molecule has 0 spiro atoms. The average molecular weight is 434 g/mol. The largest absolute Gasteiger partial charge is 0.497 e. The van der Waals surface area contributed by atoms with Gasteiger partial charge in [0.25, 0.3) is 5.91 Å². The fraction of sp³-hybridized carbons (Fsp3) is 0.346. The second-order valence-corrected chi connectivity index (χ2v) is 8.21. The number of methoxy groups -OCH3 is 2. The summed E-state index contributed by atoms with van der Waals surface area (Å²) < 4.78 is 13.1. The molecule has 1 amide bonds. The Morgan fingerprint density at radius 2 is 1.72 bits per heavy atom. The Hall–Kier alpha value is -3.41. The van der Waals surface area contributed by atoms with Gasteiger partial charge in [0.2, 0.25) is 0 Å². The summed E-state index contributed by atoms with van der Waals surface area (Å²) in [5.41, 5.74) is 11.5. The van der Waals surface area contributed by atoms with Crippen molar-refractivity contribution in [1.82, 2.24) is 4.57 Å². The summed E-state index contributed by atoms with van der Waals surface area (Å²) in [5, 5.41) is 0. The summed E-state index contributed by atoms with van der Waals surface area (Å²) in [5.74, 6) is 1.21. The Labute approximate surface area is 189 Å². The highest BCUT2D eigenvalue weighted by atomic mass is 16.5. The summed E-state index contributed by atoms with van der Waals surface area (Å²) in [6, 6.07) is 16.3. The number of hydrogen-bond acceptors (Lipinski definition) is 4. The van der Waals surface area contributed by atoms with E-state index in [1.807, 2.05) is 31.2 Å². The third-order valence-corrected chi connectivity index (χ3v) is 6.36. The van der Waals surface area contributed by atoms with Gasteiger partial charge in [-0.15, -0.1) is 0 Å². The van der Waals surface area contributed by atoms with Gasteiger partial charge >= 0.3 is 0 Å². The lowest BCUT2D eigenvalue weighted by Gasteiger charge is -2.18. The van der Waals surface area contributed by atoms with Gasteiger partial charge < -0.3 is 24.7 Å². The lowest BCUT2D eigenvalue weighted by atomic mass is 10.1. The van der Waals surface area contributed by atoms with Crippen LogP contribution in [0.4, 0.5) is 5.69 Å². The molecule has 6 nitrogen and oxygen atoms in total. The summed E-state index contributed by atoms with van der Waals surface area (Å²) in [6.07, 6.45) is 3.23. The summed E-state index contributed by atoms with van der Waals surface area (Å²) in [7, 11) is 3.33. The van der Waals surface area contributed by atoms with Crippen molar-refractivity contribution in [2.45, 2.75) is 32.7 Å². The van der Waals surface area contributed by atoms with Crippen molar-refractivity contribution in [1.29, 1.82) is 0 Å². The number of anilines is 1. The number of hydrogen-bond donors (Lipinski definition) is 1. The number of nitrogens with zero attached hydrogens (tertiary/aromatic N) is 2. The number of primary amides is 1. The van der Waals surface area contributed by atoms with Crippen LogP contribution in [0.15, 0.2) is 48.5 Å². The molecule has 1 aliphatic heterocycles. The Morgan fingerprint density at radius 1 is 1.00 bits per heavy atom. The first-order chi connectivity index (χ1) is 15.5. The monoisotopic (exact) mass is 433 g/mol. The molecule has 0 radical (unpaired) electrons. The number of ether oxygens (including phenoxy) is 2. The van der Waals surface area contributed by atoms with E-state index in [2.05, 4.69) is 33.7 Å². The zero-order chi connectivity index (χ0) is 22.7. The second kappa shape index (κ2) is 9.39. The molecule has 0 aliphatic carbocycles. The summed E-state index contributed by atoms with van der Waals surface area (Å²) in [6.45, 7) is 4.86. The van der Waals surface area contributed by atoms with Crippen molar-refractivity contribution in [3.8, 4) is 22.8 Å². The zero-order valence-corrected chi connectivity index (χ0v) is 19.1. The Bertz CT molecular complexity index is 1100. The van der Waals surface area contributed by atoms with Gasteiger partial charge in [0.05, 0.1) is 19.8 Å². The number of benzene rings is 2. The molecule has 1 saturated heterocycles. The van der Waals surface area contributed by atoms with Crippen molar-refractivity contribution in [2.24, 2.45) is 5.73 Å². The standard InChI is InChI=1S/C26H31N3O3/c1-18-23(26(27)30)17-24(19-6-8-21(9-7-19)28-13-4-5-14-28)29(18)15-12-20-16-22(31-2)10-11-25(20)32-3/h6-11,16-17H,4-5,12-15H2,1-3H3,(H2,27,30). The Kier molecular flexibility index (Phi) is 6.40. The van der Waals surface area contributed by atoms with Gasteiger partial charge in [0, 0.05) is 36.7 Å². The van der Waals surface area contributed by atoms with Crippen LogP contribution >= 0.6 is 0 Å². The average Bonchev–Trinajstić information content (AvgIpc) is 3.46. The number of aromatic nitrogens is 1. The molecule has 6 heteroatoms. The minimum Gasteiger partial charge on any atom is -0.497 e. The minimum atomic E-state index is -0.407. The third kappa shape index (κ3) is 4.31. The van der Waals surface area contributed by atoms with Crippen LogP contribution in [0.5, 0.6) is 11.5 Å². The molecule has 2 heterocycles. The van der Waals surface area contributed by atoms with Crippen LogP contribution in [0.1, 0.15) is 34.5 Å². The number of carbonyl (C=O) groups excluding carboxylic acids is 1. The molecular weight excluding hydrogens is 402 g/mol. The zero-order valence-electron chi connectivity index (χ0n) is 19.1. The van der Waals surface area contributed by atoms with Gasteiger partial charge in [-0.1, -0.05) is 12.1 Å². The topological polar surface area (TPSA) is 69.7 Å². The highest BCUT2D eigenvalue weighted by Gasteiger charge is 2.18. The van der Waals surface area contributed by atoms with E-state index in [0.29, 0.717) is 12.1 Å². The van der Waals surface area contributed by atoms with Crippen LogP contribution in [0.25, 0.3) is 11.3 Å². The highest BCUT2D eigenvalue weighted by molar-refractivity contribution is 5.95. The number of aryl methyl sites for hydroxylation is 1. The summed E-state index contributed by atoms with van der Waals surface area (Å²) >= 11 is 0. The number of amides is 1. The normalized spacial score (nSPS) is 13.4. The second-order valence-electron chi connectivity index (χ2n) is 8.21. The predicted octanol–water partition coefficient (Wildman–Crippen LogP) is 4.42. The maximum absolute atomic E-state index is 12.1. The molecule has 1 fully saturated rings. The molecule has 3 aromatic rings. The fourth-order valence-corrected chi connectivity index (χ4v) is 4.55. The molecule has 1 aliphatic rings. The molecule has 2 N–H and O–H groups in total. The van der Waals surface area contributed by atoms with Gasteiger partial charge in [-0.3, -0.25) is 4.79 Å². The van der Waals surface area contributed by atoms with E-state index in [0.717, 1.165) is 53.5 Å². The van der Waals surface area contributed by atoms with Crippen LogP contribution in [-0.4, -0.2) is 37.8 Å². The van der Waals surface area contributed by atoms with E-state index in [1.165, 1.54) is 18.5 Å². The number of rotatable bonds is 8. The molecule has 32 heavy (non-hydrogen) atoms. The first-order valence-corrected chi connectivity index (χ1v) is 11.1. The van der Waals surface area contributed by atoms with Crippen LogP contribution in [0, 0.1) is 6.92 Å². The quantitative estimate of drug-likeness (QED) is 0.571. The van der Waals surface area contributed by atoms with E-state index < -0.39 is 5.91 Å². The molecular formula is C26H31N3O3. The van der Waals surface area contributed by atoms with E-state index in [1.54, 1.807) is 14.2 Å². The maximum atomic E-state index is 12.1. The Morgan fingerprint density at radius 3 is 2.34 bits per heavy atom. The van der Waals surface area contributed by atoms with Crippen molar-refractivity contribution in [3.05, 3.63) is 65.4 Å². The fourth-order valence-electron chi connectivity index (χ4n) is 4.55. The molecule has 2 aromatic carbocycles. The van der Waals surface area contributed by atoms with E-state index in [9.17, 15) is 4.79 Å². The van der Waals surface area contributed by atoms with Crippen molar-refractivity contribution in [2.75, 3.05) is 32.2 Å². The van der Waals surface area contributed by atoms with Gasteiger partial charge in [0.1, 0.15) is 11.5 Å². The predicted molar refractivity (Wildman–Crippen MR) is 128 cm³/mol. The first kappa shape index (κ1) is 21.8. The Balaban J connectivity index is 1.66. The highest BCUT2D eigenvalue weighted by Crippen LogP contribution is 2.30. The smallest absolute Gasteiger partial charge is 0.250 e. The van der Waals surface area contributed by atoms with Gasteiger partial charge in [0.15, 0.2) is 0 Å². The molecule has 0 atom stereocenters. The lowest BCUT2D eigenvalue weighted by Crippen LogP contribution is -2.17. The first-order valence-electron chi connectivity index (χ1n) is 11.1. The number of carbonyl (C=O) groups is 1.